The Labute approximate surface area is 93.7 Å². The average molecular weight is 241 g/mol. The lowest BCUT2D eigenvalue weighted by Gasteiger charge is -2.02. The fraction of sp³-hybridized carbons (Fsp3) is 0.100. The molecular formula is C10H6F3N3O. The number of alkyl halides is 3. The normalized spacial score (nSPS) is 11.5. The number of nitrogens with zero attached hydrogens (tertiary/aromatic N) is 3. The van der Waals surface area contributed by atoms with E-state index in [0.717, 1.165) is 10.9 Å². The Hall–Kier alpha value is -2.18. The molecular weight excluding hydrogens is 235 g/mol. The van der Waals surface area contributed by atoms with Crippen LogP contribution in [0.15, 0.2) is 30.7 Å². The average Bonchev–Trinajstić information content (AvgIpc) is 2.74. The van der Waals surface area contributed by atoms with Crippen molar-refractivity contribution in [1.82, 2.24) is 14.8 Å². The molecule has 0 radical (unpaired) electrons. The molecule has 0 unspecified atom stereocenters. The van der Waals surface area contributed by atoms with Gasteiger partial charge in [0.15, 0.2) is 12.0 Å². The summed E-state index contributed by atoms with van der Waals surface area (Å²) in [5, 5.41) is 3.34. The molecule has 0 bridgehead atoms. The zero-order chi connectivity index (χ0) is 12.5. The molecule has 0 atom stereocenters. The third kappa shape index (κ3) is 2.17. The molecule has 4 nitrogen and oxygen atoms in total. The van der Waals surface area contributed by atoms with E-state index in [1.54, 1.807) is 6.07 Å². The second-order valence-corrected chi connectivity index (χ2v) is 3.20. The van der Waals surface area contributed by atoms with E-state index in [0.29, 0.717) is 5.69 Å². The minimum Gasteiger partial charge on any atom is -0.298 e. The van der Waals surface area contributed by atoms with Crippen LogP contribution in [0.1, 0.15) is 16.1 Å². The monoisotopic (exact) mass is 241 g/mol. The van der Waals surface area contributed by atoms with Crippen LogP contribution in [0.2, 0.25) is 0 Å². The van der Waals surface area contributed by atoms with Crippen LogP contribution in [0, 0.1) is 0 Å². The van der Waals surface area contributed by atoms with E-state index in [9.17, 15) is 18.0 Å². The molecule has 0 saturated heterocycles. The molecule has 2 aromatic heterocycles. The minimum absolute atomic E-state index is 0.128. The molecule has 2 aromatic rings. The van der Waals surface area contributed by atoms with Gasteiger partial charge in [0.25, 0.3) is 0 Å². The summed E-state index contributed by atoms with van der Waals surface area (Å²) in [7, 11) is 0. The maximum atomic E-state index is 12.5. The Balaban J connectivity index is 2.53. The Morgan fingerprint density at radius 3 is 2.59 bits per heavy atom. The van der Waals surface area contributed by atoms with Crippen molar-refractivity contribution in [2.45, 2.75) is 6.18 Å². The molecule has 0 aliphatic heterocycles. The summed E-state index contributed by atoms with van der Waals surface area (Å²) >= 11 is 0. The van der Waals surface area contributed by atoms with E-state index in [4.69, 9.17) is 0 Å². The molecule has 88 valence electrons. The predicted octanol–water partition coefficient (Wildman–Crippen LogP) is 2.10. The Morgan fingerprint density at radius 2 is 2.12 bits per heavy atom. The third-order valence-corrected chi connectivity index (χ3v) is 2.05. The van der Waals surface area contributed by atoms with Crippen LogP contribution in [-0.2, 0) is 6.18 Å². The number of hydrogen-bond acceptors (Lipinski definition) is 3. The number of carbonyl (C=O) groups is 1. The van der Waals surface area contributed by atoms with Gasteiger partial charge >= 0.3 is 6.18 Å². The molecule has 17 heavy (non-hydrogen) atoms. The number of rotatable bonds is 2. The standard InChI is InChI=1S/C10H6F3N3O/c11-10(12,13)9-7(6-17)5-16(15-9)8-2-1-3-14-4-8/h1-6H. The van der Waals surface area contributed by atoms with Crippen LogP contribution in [-0.4, -0.2) is 21.1 Å². The van der Waals surface area contributed by atoms with Crippen molar-refractivity contribution in [3.8, 4) is 5.69 Å². The summed E-state index contributed by atoms with van der Waals surface area (Å²) in [6.45, 7) is 0. The smallest absolute Gasteiger partial charge is 0.298 e. The molecule has 0 spiro atoms. The van der Waals surface area contributed by atoms with Gasteiger partial charge in [-0.1, -0.05) is 0 Å². The van der Waals surface area contributed by atoms with Gasteiger partial charge < -0.3 is 0 Å². The number of carbonyl (C=O) groups excluding carboxylic acids is 1. The molecule has 0 saturated carbocycles. The van der Waals surface area contributed by atoms with Crippen LogP contribution in [0.25, 0.3) is 5.69 Å². The maximum absolute atomic E-state index is 12.5. The highest BCUT2D eigenvalue weighted by Crippen LogP contribution is 2.30. The van der Waals surface area contributed by atoms with Crippen molar-refractivity contribution in [1.29, 1.82) is 0 Å². The lowest BCUT2D eigenvalue weighted by molar-refractivity contribution is -0.141. The lowest BCUT2D eigenvalue weighted by atomic mass is 10.3. The summed E-state index contributed by atoms with van der Waals surface area (Å²) in [6.07, 6.45) is -0.667. The summed E-state index contributed by atoms with van der Waals surface area (Å²) in [4.78, 5) is 14.3. The van der Waals surface area contributed by atoms with E-state index in [1.807, 2.05) is 0 Å². The molecule has 0 fully saturated rings. The van der Waals surface area contributed by atoms with E-state index in [-0.39, 0.29) is 6.29 Å². The van der Waals surface area contributed by atoms with Gasteiger partial charge in [0.2, 0.25) is 0 Å². The van der Waals surface area contributed by atoms with Crippen molar-refractivity contribution >= 4 is 6.29 Å². The van der Waals surface area contributed by atoms with Gasteiger partial charge in [0.1, 0.15) is 0 Å². The first kappa shape index (κ1) is 11.3. The Kier molecular flexibility index (Phi) is 2.66. The second kappa shape index (κ2) is 4.00. The predicted molar refractivity (Wildman–Crippen MR) is 51.7 cm³/mol. The van der Waals surface area contributed by atoms with Crippen LogP contribution in [0.5, 0.6) is 0 Å². The Bertz CT molecular complexity index is 533. The second-order valence-electron chi connectivity index (χ2n) is 3.20. The third-order valence-electron chi connectivity index (χ3n) is 2.05. The molecule has 0 aliphatic rings. The highest BCUT2D eigenvalue weighted by molar-refractivity contribution is 5.76. The van der Waals surface area contributed by atoms with Crippen molar-refractivity contribution in [3.63, 3.8) is 0 Å². The lowest BCUT2D eigenvalue weighted by Crippen LogP contribution is -2.09. The van der Waals surface area contributed by atoms with Crippen LogP contribution in [0.3, 0.4) is 0 Å². The summed E-state index contributed by atoms with van der Waals surface area (Å²) < 4.78 is 38.5. The summed E-state index contributed by atoms with van der Waals surface area (Å²) in [5.41, 5.74) is -1.34. The topological polar surface area (TPSA) is 47.8 Å². The van der Waals surface area contributed by atoms with Crippen LogP contribution in [0.4, 0.5) is 13.2 Å². The molecule has 0 N–H and O–H groups in total. The fourth-order valence-corrected chi connectivity index (χ4v) is 1.32. The van der Waals surface area contributed by atoms with E-state index in [2.05, 4.69) is 10.1 Å². The molecule has 2 heterocycles. The van der Waals surface area contributed by atoms with E-state index < -0.39 is 17.4 Å². The van der Waals surface area contributed by atoms with Gasteiger partial charge in [-0.05, 0) is 12.1 Å². The first-order valence-electron chi connectivity index (χ1n) is 4.55. The van der Waals surface area contributed by atoms with E-state index >= 15 is 0 Å². The highest BCUT2D eigenvalue weighted by Gasteiger charge is 2.37. The van der Waals surface area contributed by atoms with Gasteiger partial charge in [-0.15, -0.1) is 0 Å². The van der Waals surface area contributed by atoms with Gasteiger partial charge in [-0.3, -0.25) is 9.78 Å². The molecule has 7 heteroatoms. The first-order valence-corrected chi connectivity index (χ1v) is 4.55. The van der Waals surface area contributed by atoms with E-state index in [1.165, 1.54) is 18.5 Å². The number of aromatic nitrogens is 3. The Morgan fingerprint density at radius 1 is 1.35 bits per heavy atom. The minimum atomic E-state index is -4.65. The quantitative estimate of drug-likeness (QED) is 0.756. The zero-order valence-electron chi connectivity index (χ0n) is 8.35. The van der Waals surface area contributed by atoms with Gasteiger partial charge in [0, 0.05) is 12.4 Å². The molecule has 0 amide bonds. The zero-order valence-corrected chi connectivity index (χ0v) is 8.35. The molecule has 0 aliphatic carbocycles. The van der Waals surface area contributed by atoms with Gasteiger partial charge in [-0.25, -0.2) is 4.68 Å². The molecule has 2 rings (SSSR count). The number of hydrogen-bond donors (Lipinski definition) is 0. The van der Waals surface area contributed by atoms with Crippen LogP contribution < -0.4 is 0 Å². The fourth-order valence-electron chi connectivity index (χ4n) is 1.32. The highest BCUT2D eigenvalue weighted by atomic mass is 19.4. The molecule has 0 aromatic carbocycles. The van der Waals surface area contributed by atoms with Gasteiger partial charge in [0.05, 0.1) is 17.4 Å². The van der Waals surface area contributed by atoms with Gasteiger partial charge in [-0.2, -0.15) is 18.3 Å². The number of aldehydes is 1. The number of pyridine rings is 1. The SMILES string of the molecule is O=Cc1cn(-c2cccnc2)nc1C(F)(F)F. The number of halogens is 3. The summed E-state index contributed by atoms with van der Waals surface area (Å²) in [5.74, 6) is 0. The van der Waals surface area contributed by atoms with Crippen molar-refractivity contribution in [3.05, 3.63) is 42.0 Å². The summed E-state index contributed by atoms with van der Waals surface area (Å²) in [6, 6.07) is 3.10. The first-order chi connectivity index (χ1) is 8.02. The largest absolute Gasteiger partial charge is 0.435 e. The van der Waals surface area contributed by atoms with Crippen LogP contribution >= 0.6 is 0 Å². The maximum Gasteiger partial charge on any atom is 0.435 e. The van der Waals surface area contributed by atoms with Crippen molar-refractivity contribution in [2.24, 2.45) is 0 Å². The van der Waals surface area contributed by atoms with Crippen molar-refractivity contribution in [2.75, 3.05) is 0 Å². The van der Waals surface area contributed by atoms with Crippen molar-refractivity contribution < 1.29 is 18.0 Å².